The predicted molar refractivity (Wildman–Crippen MR) is 94.4 cm³/mol. The molecule has 0 aliphatic carbocycles. The molecule has 3 nitrogen and oxygen atoms in total. The normalized spacial score (nSPS) is 13.7. The van der Waals surface area contributed by atoms with E-state index in [4.69, 9.17) is 4.43 Å². The van der Waals surface area contributed by atoms with Gasteiger partial charge in [-0.2, -0.15) is 0 Å². The van der Waals surface area contributed by atoms with Gasteiger partial charge in [-0.1, -0.05) is 57.7 Å². The van der Waals surface area contributed by atoms with Crippen molar-refractivity contribution < 1.29 is 14.3 Å². The van der Waals surface area contributed by atoms with Gasteiger partial charge in [0, 0.05) is 6.61 Å². The fraction of sp³-hybridized carbons (Fsp3) is 0.500. The van der Waals surface area contributed by atoms with Crippen molar-refractivity contribution in [1.29, 1.82) is 0 Å². The van der Waals surface area contributed by atoms with Crippen molar-refractivity contribution in [1.82, 2.24) is 0 Å². The van der Waals surface area contributed by atoms with E-state index in [2.05, 4.69) is 40.4 Å². The molecule has 1 aromatic rings. The lowest BCUT2D eigenvalue weighted by atomic mass is 9.96. The lowest BCUT2D eigenvalue weighted by molar-refractivity contribution is -0.142. The Bertz CT molecular complexity index is 515. The average Bonchev–Trinajstić information content (AvgIpc) is 2.42. The maximum atomic E-state index is 11.5. The lowest BCUT2D eigenvalue weighted by Gasteiger charge is -2.37. The summed E-state index contributed by atoms with van der Waals surface area (Å²) in [4.78, 5) is 11.5. The van der Waals surface area contributed by atoms with Crippen molar-refractivity contribution in [2.45, 2.75) is 45.3 Å². The molecule has 0 aliphatic rings. The third-order valence-corrected chi connectivity index (χ3v) is 8.98. The van der Waals surface area contributed by atoms with Crippen LogP contribution in [0.15, 0.2) is 36.9 Å². The van der Waals surface area contributed by atoms with Gasteiger partial charge in [0.15, 0.2) is 8.32 Å². The molecule has 0 saturated heterocycles. The fourth-order valence-electron chi connectivity index (χ4n) is 1.83. The summed E-state index contributed by atoms with van der Waals surface area (Å²) in [5.74, 6) is -1.38. The zero-order valence-electron chi connectivity index (χ0n) is 14.3. The summed E-state index contributed by atoms with van der Waals surface area (Å²) in [6.45, 7) is 15.0. The number of hydrogen-bond acceptors (Lipinski definition) is 2. The third kappa shape index (κ3) is 5.11. The Morgan fingerprint density at radius 3 is 2.27 bits per heavy atom. The number of carboxylic acid groups (broad SMARTS) is 1. The van der Waals surface area contributed by atoms with Crippen LogP contribution in [0, 0.1) is 5.92 Å². The minimum absolute atomic E-state index is 0.0759. The van der Waals surface area contributed by atoms with Crippen molar-refractivity contribution in [2.24, 2.45) is 5.92 Å². The highest BCUT2D eigenvalue weighted by molar-refractivity contribution is 6.74. The second-order valence-electron chi connectivity index (χ2n) is 7.28. The van der Waals surface area contributed by atoms with E-state index < -0.39 is 20.2 Å². The van der Waals surface area contributed by atoms with Gasteiger partial charge >= 0.3 is 5.97 Å². The molecular formula is C18H28O3Si. The van der Waals surface area contributed by atoms with E-state index in [0.29, 0.717) is 6.42 Å². The minimum atomic E-state index is -1.94. The second-order valence-corrected chi connectivity index (χ2v) is 12.1. The van der Waals surface area contributed by atoms with Crippen LogP contribution < -0.4 is 0 Å². The molecule has 0 spiro atoms. The molecule has 1 rings (SSSR count). The molecule has 0 saturated carbocycles. The Kier molecular flexibility index (Phi) is 6.14. The molecule has 122 valence electrons. The van der Waals surface area contributed by atoms with Crippen molar-refractivity contribution in [3.63, 3.8) is 0 Å². The van der Waals surface area contributed by atoms with Gasteiger partial charge in [-0.3, -0.25) is 4.79 Å². The fourth-order valence-corrected chi connectivity index (χ4v) is 2.88. The van der Waals surface area contributed by atoms with Gasteiger partial charge in [-0.05, 0) is 35.7 Å². The van der Waals surface area contributed by atoms with Gasteiger partial charge in [0.25, 0.3) is 0 Å². The van der Waals surface area contributed by atoms with Crippen molar-refractivity contribution in [2.75, 3.05) is 6.61 Å². The highest BCUT2D eigenvalue weighted by Crippen LogP contribution is 2.37. The largest absolute Gasteiger partial charge is 0.481 e. The molecule has 4 heteroatoms. The zero-order chi connectivity index (χ0) is 17.0. The Labute approximate surface area is 135 Å². The van der Waals surface area contributed by atoms with Crippen LogP contribution >= 0.6 is 0 Å². The van der Waals surface area contributed by atoms with Crippen molar-refractivity contribution in [3.8, 4) is 0 Å². The first-order valence-electron chi connectivity index (χ1n) is 7.64. The first-order chi connectivity index (χ1) is 10.0. The van der Waals surface area contributed by atoms with E-state index >= 15 is 0 Å². The molecule has 0 bridgehead atoms. The number of carbonyl (C=O) groups is 1. The monoisotopic (exact) mass is 320 g/mol. The lowest BCUT2D eigenvalue weighted by Crippen LogP contribution is -2.42. The van der Waals surface area contributed by atoms with Crippen LogP contribution in [-0.2, 0) is 9.22 Å². The maximum Gasteiger partial charge on any atom is 0.309 e. The van der Waals surface area contributed by atoms with E-state index in [1.807, 2.05) is 30.3 Å². The van der Waals surface area contributed by atoms with Crippen LogP contribution in [0.25, 0.3) is 5.57 Å². The standard InChI is InChI=1S/C18H28O3Si/c1-14(15-10-8-7-9-11-15)12-16(17(19)20)13-21-22(5,6)18(2,3)4/h7-11,16H,1,12-13H2,2-6H3,(H,19,20). The van der Waals surface area contributed by atoms with E-state index in [1.165, 1.54) is 0 Å². The summed E-state index contributed by atoms with van der Waals surface area (Å²) in [5, 5.41) is 9.54. The van der Waals surface area contributed by atoms with Crippen LogP contribution in [-0.4, -0.2) is 26.0 Å². The number of hydrogen-bond donors (Lipinski definition) is 1. The summed E-state index contributed by atoms with van der Waals surface area (Å²) in [6.07, 6.45) is 0.411. The SMILES string of the molecule is C=C(CC(CO[Si](C)(C)C(C)(C)C)C(=O)O)c1ccccc1. The van der Waals surface area contributed by atoms with E-state index in [0.717, 1.165) is 11.1 Å². The number of benzene rings is 1. The van der Waals surface area contributed by atoms with Gasteiger partial charge < -0.3 is 9.53 Å². The third-order valence-electron chi connectivity index (χ3n) is 4.48. The molecule has 0 heterocycles. The molecule has 0 radical (unpaired) electrons. The van der Waals surface area contributed by atoms with Gasteiger partial charge in [0.05, 0.1) is 5.92 Å². The highest BCUT2D eigenvalue weighted by Gasteiger charge is 2.38. The maximum absolute atomic E-state index is 11.5. The molecular weight excluding hydrogens is 292 g/mol. The van der Waals surface area contributed by atoms with Crippen LogP contribution in [0.4, 0.5) is 0 Å². The average molecular weight is 321 g/mol. The molecule has 0 fully saturated rings. The predicted octanol–water partition coefficient (Wildman–Crippen LogP) is 4.81. The smallest absolute Gasteiger partial charge is 0.309 e. The van der Waals surface area contributed by atoms with Crippen LogP contribution in [0.1, 0.15) is 32.8 Å². The zero-order valence-corrected chi connectivity index (χ0v) is 15.3. The summed E-state index contributed by atoms with van der Waals surface area (Å²) >= 11 is 0. The Morgan fingerprint density at radius 2 is 1.82 bits per heavy atom. The Hall–Kier alpha value is -1.39. The Balaban J connectivity index is 2.72. The van der Waals surface area contributed by atoms with Crippen LogP contribution in [0.2, 0.25) is 18.1 Å². The molecule has 0 aliphatic heterocycles. The molecule has 1 unspecified atom stereocenters. The van der Waals surface area contributed by atoms with Gasteiger partial charge in [-0.25, -0.2) is 0 Å². The summed E-state index contributed by atoms with van der Waals surface area (Å²) in [5.41, 5.74) is 1.83. The van der Waals surface area contributed by atoms with Crippen molar-refractivity contribution in [3.05, 3.63) is 42.5 Å². The number of carboxylic acids is 1. The second kappa shape index (κ2) is 7.25. The summed E-state index contributed by atoms with van der Waals surface area (Å²) in [6, 6.07) is 9.71. The number of allylic oxidation sites excluding steroid dienone is 1. The molecule has 0 aromatic heterocycles. The van der Waals surface area contributed by atoms with Crippen molar-refractivity contribution >= 4 is 19.9 Å². The quantitative estimate of drug-likeness (QED) is 0.733. The van der Waals surface area contributed by atoms with E-state index in [-0.39, 0.29) is 11.6 Å². The molecule has 1 atom stereocenters. The van der Waals surface area contributed by atoms with Crippen LogP contribution in [0.5, 0.6) is 0 Å². The number of aliphatic carboxylic acids is 1. The summed E-state index contributed by atoms with van der Waals surface area (Å²) < 4.78 is 6.07. The minimum Gasteiger partial charge on any atom is -0.481 e. The first-order valence-corrected chi connectivity index (χ1v) is 10.6. The number of rotatable bonds is 7. The van der Waals surface area contributed by atoms with Gasteiger partial charge in [0.2, 0.25) is 0 Å². The molecule has 1 N–H and O–H groups in total. The molecule has 0 amide bonds. The van der Waals surface area contributed by atoms with Crippen LogP contribution in [0.3, 0.4) is 0 Å². The molecule has 22 heavy (non-hydrogen) atoms. The van der Waals surface area contributed by atoms with Gasteiger partial charge in [-0.15, -0.1) is 0 Å². The first kappa shape index (κ1) is 18.7. The van der Waals surface area contributed by atoms with E-state index in [1.54, 1.807) is 0 Å². The topological polar surface area (TPSA) is 46.5 Å². The highest BCUT2D eigenvalue weighted by atomic mass is 28.4. The van der Waals surface area contributed by atoms with E-state index in [9.17, 15) is 9.90 Å². The molecule has 1 aromatic carbocycles. The van der Waals surface area contributed by atoms with Gasteiger partial charge in [0.1, 0.15) is 0 Å². The summed E-state index contributed by atoms with van der Waals surface area (Å²) in [7, 11) is -1.94. The Morgan fingerprint density at radius 1 is 1.27 bits per heavy atom.